The van der Waals surface area contributed by atoms with E-state index >= 15 is 0 Å². The summed E-state index contributed by atoms with van der Waals surface area (Å²) in [5, 5.41) is 11.2. The van der Waals surface area contributed by atoms with Crippen LogP contribution in [-0.2, 0) is 19.4 Å². The third kappa shape index (κ3) is 4.37. The normalized spacial score (nSPS) is 14.5. The van der Waals surface area contributed by atoms with Crippen molar-refractivity contribution in [2.75, 3.05) is 19.7 Å². The minimum Gasteiger partial charge on any atom is -0.491 e. The van der Waals surface area contributed by atoms with Crippen LogP contribution in [0, 0.1) is 6.92 Å². The molecule has 2 N–H and O–H groups in total. The van der Waals surface area contributed by atoms with Gasteiger partial charge < -0.3 is 14.8 Å². The number of fused-ring (bicyclic) bond motifs is 3. The average molecular weight is 414 g/mol. The van der Waals surface area contributed by atoms with Crippen molar-refractivity contribution in [3.63, 3.8) is 0 Å². The van der Waals surface area contributed by atoms with Crippen molar-refractivity contribution in [3.8, 4) is 5.75 Å². The summed E-state index contributed by atoms with van der Waals surface area (Å²) < 4.78 is 5.76. The molecule has 0 amide bonds. The number of aryl methyl sites for hydroxylation is 3. The van der Waals surface area contributed by atoms with Crippen LogP contribution < -0.4 is 10.3 Å². The second kappa shape index (κ2) is 8.65. The fraction of sp³-hybridized carbons (Fsp3) is 0.455. The van der Waals surface area contributed by atoms with Gasteiger partial charge in [0.2, 0.25) is 0 Å². The summed E-state index contributed by atoms with van der Waals surface area (Å²) in [5.41, 5.74) is 2.20. The number of nitrogens with zero attached hydrogens (tertiary/aromatic N) is 2. The monoisotopic (exact) mass is 413 g/mol. The lowest BCUT2D eigenvalue weighted by Crippen LogP contribution is -2.36. The first-order valence-corrected chi connectivity index (χ1v) is 11.0. The second-order valence-electron chi connectivity index (χ2n) is 7.61. The number of benzene rings is 1. The van der Waals surface area contributed by atoms with Crippen LogP contribution >= 0.6 is 11.3 Å². The first kappa shape index (κ1) is 20.1. The smallest absolute Gasteiger partial charge is 0.259 e. The van der Waals surface area contributed by atoms with Gasteiger partial charge >= 0.3 is 0 Å². The molecule has 0 bridgehead atoms. The van der Waals surface area contributed by atoms with Gasteiger partial charge in [0.05, 0.1) is 11.9 Å². The van der Waals surface area contributed by atoms with Crippen molar-refractivity contribution in [3.05, 3.63) is 56.4 Å². The zero-order chi connectivity index (χ0) is 20.4. The maximum absolute atomic E-state index is 12.6. The molecule has 154 valence electrons. The molecule has 2 aromatic heterocycles. The van der Waals surface area contributed by atoms with Gasteiger partial charge in [-0.15, -0.1) is 11.3 Å². The summed E-state index contributed by atoms with van der Waals surface area (Å²) in [6, 6.07) is 7.77. The SMILES string of the molecule is CCN(Cc1nc2sc3c(c2c(=O)[nH]1)CCC3)CC(O)COc1ccccc1C. The Labute approximate surface area is 174 Å². The van der Waals surface area contributed by atoms with Crippen molar-refractivity contribution in [1.82, 2.24) is 14.9 Å². The number of aliphatic hydroxyl groups is 1. The topological polar surface area (TPSA) is 78.5 Å². The van der Waals surface area contributed by atoms with Gasteiger partial charge in [0.25, 0.3) is 5.56 Å². The molecule has 1 aliphatic carbocycles. The number of H-pyrrole nitrogens is 1. The fourth-order valence-electron chi connectivity index (χ4n) is 3.89. The van der Waals surface area contributed by atoms with E-state index in [4.69, 9.17) is 9.72 Å². The highest BCUT2D eigenvalue weighted by Crippen LogP contribution is 2.34. The van der Waals surface area contributed by atoms with Crippen LogP contribution in [0.15, 0.2) is 29.1 Å². The molecular formula is C22H27N3O3S. The molecule has 1 aliphatic rings. The van der Waals surface area contributed by atoms with Gasteiger partial charge in [0.15, 0.2) is 0 Å². The summed E-state index contributed by atoms with van der Waals surface area (Å²) >= 11 is 1.65. The van der Waals surface area contributed by atoms with Gasteiger partial charge in [-0.2, -0.15) is 0 Å². The van der Waals surface area contributed by atoms with E-state index in [2.05, 4.69) is 9.88 Å². The summed E-state index contributed by atoms with van der Waals surface area (Å²) in [7, 11) is 0. The molecule has 0 saturated heterocycles. The molecule has 1 atom stereocenters. The number of likely N-dealkylation sites (N-methyl/N-ethyl adjacent to an activating group) is 1. The van der Waals surface area contributed by atoms with Gasteiger partial charge in [-0.25, -0.2) is 4.98 Å². The predicted octanol–water partition coefficient (Wildman–Crippen LogP) is 3.04. The molecular weight excluding hydrogens is 386 g/mol. The first-order chi connectivity index (χ1) is 14.0. The minimum absolute atomic E-state index is 0.0381. The van der Waals surface area contributed by atoms with Crippen LogP contribution in [0.25, 0.3) is 10.2 Å². The Morgan fingerprint density at radius 2 is 2.17 bits per heavy atom. The standard InChI is InChI=1S/C22H27N3O3S/c1-3-25(11-15(26)13-28-17-9-5-4-7-14(17)2)12-19-23-21(27)20-16-8-6-10-18(16)29-22(20)24-19/h4-5,7,9,15,26H,3,6,8,10-13H2,1-2H3,(H,23,24,27). The van der Waals surface area contributed by atoms with E-state index in [-0.39, 0.29) is 12.2 Å². The highest BCUT2D eigenvalue weighted by atomic mass is 32.1. The van der Waals surface area contributed by atoms with E-state index in [9.17, 15) is 9.90 Å². The Hall–Kier alpha value is -2.22. The van der Waals surface area contributed by atoms with Crippen molar-refractivity contribution in [2.24, 2.45) is 0 Å². The number of nitrogens with one attached hydrogen (secondary N) is 1. The molecule has 6 nitrogen and oxygen atoms in total. The molecule has 1 unspecified atom stereocenters. The molecule has 0 aliphatic heterocycles. The number of ether oxygens (including phenoxy) is 1. The Morgan fingerprint density at radius 1 is 1.34 bits per heavy atom. The second-order valence-corrected chi connectivity index (χ2v) is 8.69. The minimum atomic E-state index is -0.629. The molecule has 4 rings (SSSR count). The van der Waals surface area contributed by atoms with Gasteiger partial charge in [0, 0.05) is 11.4 Å². The van der Waals surface area contributed by atoms with Crippen molar-refractivity contribution in [2.45, 2.75) is 45.8 Å². The summed E-state index contributed by atoms with van der Waals surface area (Å²) in [5.74, 6) is 1.44. The Kier molecular flexibility index (Phi) is 5.99. The average Bonchev–Trinajstić information content (AvgIpc) is 3.27. The molecule has 0 radical (unpaired) electrons. The van der Waals surface area contributed by atoms with Crippen LogP contribution in [0.1, 0.15) is 35.2 Å². The van der Waals surface area contributed by atoms with Crippen molar-refractivity contribution >= 4 is 21.6 Å². The molecule has 29 heavy (non-hydrogen) atoms. The van der Waals surface area contributed by atoms with E-state index < -0.39 is 6.10 Å². The van der Waals surface area contributed by atoms with E-state index in [0.29, 0.717) is 18.9 Å². The van der Waals surface area contributed by atoms with Crippen molar-refractivity contribution < 1.29 is 9.84 Å². The molecule has 1 aromatic carbocycles. The third-order valence-electron chi connectivity index (χ3n) is 5.44. The molecule has 2 heterocycles. The predicted molar refractivity (Wildman–Crippen MR) is 116 cm³/mol. The van der Waals surface area contributed by atoms with Gasteiger partial charge in [-0.3, -0.25) is 9.69 Å². The van der Waals surface area contributed by atoms with Crippen LogP contribution in [-0.4, -0.2) is 45.8 Å². The Morgan fingerprint density at radius 3 is 2.97 bits per heavy atom. The fourth-order valence-corrected chi connectivity index (χ4v) is 5.18. The lowest BCUT2D eigenvalue weighted by Gasteiger charge is -2.23. The number of para-hydroxylation sites is 1. The van der Waals surface area contributed by atoms with Gasteiger partial charge in [-0.05, 0) is 49.9 Å². The Bertz CT molecular complexity index is 1060. The number of thiophene rings is 1. The summed E-state index contributed by atoms with van der Waals surface area (Å²) in [4.78, 5) is 24.5. The van der Waals surface area contributed by atoms with Crippen molar-refractivity contribution in [1.29, 1.82) is 0 Å². The van der Waals surface area contributed by atoms with E-state index in [1.807, 2.05) is 38.1 Å². The molecule has 0 fully saturated rings. The van der Waals surface area contributed by atoms with Gasteiger partial charge in [-0.1, -0.05) is 25.1 Å². The highest BCUT2D eigenvalue weighted by Gasteiger charge is 2.21. The van der Waals surface area contributed by atoms with Gasteiger partial charge in [0.1, 0.15) is 29.1 Å². The zero-order valence-electron chi connectivity index (χ0n) is 16.9. The maximum Gasteiger partial charge on any atom is 0.259 e. The summed E-state index contributed by atoms with van der Waals surface area (Å²) in [6.07, 6.45) is 2.53. The number of hydrogen-bond acceptors (Lipinski definition) is 6. The van der Waals surface area contributed by atoms with E-state index in [1.165, 1.54) is 10.4 Å². The summed E-state index contributed by atoms with van der Waals surface area (Å²) in [6.45, 7) is 5.92. The molecule has 3 aromatic rings. The lowest BCUT2D eigenvalue weighted by molar-refractivity contribution is 0.0664. The van der Waals surface area contributed by atoms with Crippen LogP contribution in [0.5, 0.6) is 5.75 Å². The Balaban J connectivity index is 1.41. The van der Waals surface area contributed by atoms with E-state index in [0.717, 1.165) is 47.3 Å². The van der Waals surface area contributed by atoms with Crippen LogP contribution in [0.4, 0.5) is 0 Å². The number of aliphatic hydroxyl groups excluding tert-OH is 1. The number of hydrogen-bond donors (Lipinski definition) is 2. The number of aromatic amines is 1. The lowest BCUT2D eigenvalue weighted by atomic mass is 10.2. The quantitative estimate of drug-likeness (QED) is 0.593. The largest absolute Gasteiger partial charge is 0.491 e. The molecule has 7 heteroatoms. The third-order valence-corrected chi connectivity index (χ3v) is 6.62. The molecule has 0 spiro atoms. The zero-order valence-corrected chi connectivity index (χ0v) is 17.7. The van der Waals surface area contributed by atoms with Crippen LogP contribution in [0.3, 0.4) is 0 Å². The number of rotatable bonds is 8. The number of aromatic nitrogens is 2. The molecule has 0 saturated carbocycles. The maximum atomic E-state index is 12.6. The van der Waals surface area contributed by atoms with E-state index in [1.54, 1.807) is 11.3 Å². The van der Waals surface area contributed by atoms with Crippen LogP contribution in [0.2, 0.25) is 0 Å². The first-order valence-electron chi connectivity index (χ1n) is 10.2. The highest BCUT2D eigenvalue weighted by molar-refractivity contribution is 7.18.